The molecule has 0 rings (SSSR count). The molecule has 39 valence electrons. The summed E-state index contributed by atoms with van der Waals surface area (Å²) >= 11 is 0. The van der Waals surface area contributed by atoms with E-state index >= 15 is 0 Å². The molecule has 0 N–H and O–H groups in total. The van der Waals surface area contributed by atoms with Crippen molar-refractivity contribution in [2.75, 3.05) is 0 Å². The minimum Gasteiger partial charge on any atom is -0.160 e. The zero-order valence-electron chi connectivity index (χ0n) is 4.99. The maximum Gasteiger partial charge on any atom is 0.0831 e. The molecule has 0 aliphatic rings. The molecule has 1 radical (unpaired) electrons. The van der Waals surface area contributed by atoms with E-state index in [4.69, 9.17) is 0 Å². The van der Waals surface area contributed by atoms with E-state index in [2.05, 4.69) is 12.3 Å². The quantitative estimate of drug-likeness (QED) is 0.474. The number of allylic oxidation sites excluding steroid dienone is 1. The van der Waals surface area contributed by atoms with Gasteiger partial charge in [0.15, 0.2) is 0 Å². The van der Waals surface area contributed by atoms with Gasteiger partial charge in [-0.05, 0) is 13.0 Å². The van der Waals surface area contributed by atoms with Crippen LogP contribution in [0.5, 0.6) is 0 Å². The van der Waals surface area contributed by atoms with Gasteiger partial charge in [0.25, 0.3) is 0 Å². The molecule has 0 fully saturated rings. The number of rotatable bonds is 2. The minimum atomic E-state index is 0.927. The monoisotopic (exact) mass is 111 g/mol. The first-order valence-corrected chi connectivity index (χ1v) is 3.88. The molecule has 0 aliphatic carbocycles. The van der Waals surface area contributed by atoms with Gasteiger partial charge in [0.2, 0.25) is 0 Å². The molecule has 0 aromatic rings. The molecule has 0 saturated carbocycles. The molecule has 0 aliphatic heterocycles. The highest BCUT2D eigenvalue weighted by atomic mass is 28.2. The lowest BCUT2D eigenvalue weighted by Gasteiger charge is -1.72. The van der Waals surface area contributed by atoms with Crippen molar-refractivity contribution in [2.45, 2.75) is 26.3 Å². The van der Waals surface area contributed by atoms with Crippen LogP contribution >= 0.6 is 0 Å². The first kappa shape index (κ1) is 6.87. The average Bonchev–Trinajstić information content (AvgIpc) is 1.69. The first-order chi connectivity index (χ1) is 3.41. The highest BCUT2D eigenvalue weighted by molar-refractivity contribution is 6.44. The van der Waals surface area contributed by atoms with Crippen molar-refractivity contribution in [1.29, 1.82) is 0 Å². The molecule has 0 aromatic carbocycles. The summed E-state index contributed by atoms with van der Waals surface area (Å²) in [7, 11) is 0.927. The fourth-order valence-corrected chi connectivity index (χ4v) is 0.898. The van der Waals surface area contributed by atoms with Gasteiger partial charge in [0.1, 0.15) is 0 Å². The van der Waals surface area contributed by atoms with E-state index in [1.54, 1.807) is 0 Å². The molecule has 0 spiro atoms. The van der Waals surface area contributed by atoms with Crippen molar-refractivity contribution in [3.8, 4) is 0 Å². The SMILES string of the molecule is CC=C=[Si]CCC. The Labute approximate surface area is 47.7 Å². The standard InChI is InChI=1S/C6H11Si/c1-3-5-7-6-4-2/h3H,4,6H2,1-2H3. The van der Waals surface area contributed by atoms with E-state index in [-0.39, 0.29) is 0 Å². The summed E-state index contributed by atoms with van der Waals surface area (Å²) in [4.78, 5) is 0. The van der Waals surface area contributed by atoms with Crippen LogP contribution in [0, 0.1) is 0 Å². The highest BCUT2D eigenvalue weighted by Gasteiger charge is 1.67. The topological polar surface area (TPSA) is 0 Å². The molecule has 0 bridgehead atoms. The van der Waals surface area contributed by atoms with Gasteiger partial charge in [-0.15, -0.1) is 0 Å². The second kappa shape index (κ2) is 5.87. The van der Waals surface area contributed by atoms with E-state index in [0.29, 0.717) is 0 Å². The third kappa shape index (κ3) is 5.87. The molecule has 7 heavy (non-hydrogen) atoms. The van der Waals surface area contributed by atoms with Crippen molar-refractivity contribution >= 4 is 14.5 Å². The second-order valence-electron chi connectivity index (χ2n) is 1.36. The molecule has 1 heteroatoms. The average molecular weight is 111 g/mol. The highest BCUT2D eigenvalue weighted by Crippen LogP contribution is 1.77. The zero-order chi connectivity index (χ0) is 5.54. The van der Waals surface area contributed by atoms with Crippen molar-refractivity contribution in [3.05, 3.63) is 6.08 Å². The Balaban J connectivity index is 3.10. The Bertz CT molecular complexity index is 78.2. The van der Waals surface area contributed by atoms with Gasteiger partial charge < -0.3 is 0 Å². The maximum atomic E-state index is 3.15. The van der Waals surface area contributed by atoms with Crippen molar-refractivity contribution in [1.82, 2.24) is 0 Å². The second-order valence-corrected chi connectivity index (χ2v) is 2.50. The summed E-state index contributed by atoms with van der Waals surface area (Å²) in [5.74, 6) is 0. The lowest BCUT2D eigenvalue weighted by Crippen LogP contribution is -1.71. The van der Waals surface area contributed by atoms with Gasteiger partial charge in [-0.2, -0.15) is 5.33 Å². The van der Waals surface area contributed by atoms with Crippen molar-refractivity contribution in [3.63, 3.8) is 0 Å². The molecule has 0 nitrogen and oxygen atoms in total. The molecule has 0 atom stereocenters. The summed E-state index contributed by atoms with van der Waals surface area (Å²) < 4.78 is 0. The predicted molar refractivity (Wildman–Crippen MR) is 36.1 cm³/mol. The third-order valence-electron chi connectivity index (χ3n) is 0.621. The summed E-state index contributed by atoms with van der Waals surface area (Å²) in [5.41, 5.74) is 0. The number of hydrogen-bond donors (Lipinski definition) is 0. The lowest BCUT2D eigenvalue weighted by molar-refractivity contribution is 1.08. The first-order valence-electron chi connectivity index (χ1n) is 2.68. The van der Waals surface area contributed by atoms with E-state index in [1.807, 2.05) is 13.0 Å². The van der Waals surface area contributed by atoms with Crippen LogP contribution < -0.4 is 0 Å². The molecule has 0 heterocycles. The van der Waals surface area contributed by atoms with Gasteiger partial charge in [0, 0.05) is 0 Å². The fraction of sp³-hybridized carbons (Fsp3) is 0.667. The van der Waals surface area contributed by atoms with Crippen molar-refractivity contribution in [2.24, 2.45) is 0 Å². The third-order valence-corrected chi connectivity index (χ3v) is 1.86. The normalized spacial score (nSPS) is 7.14. The Kier molecular flexibility index (Phi) is 5.76. The fourth-order valence-electron chi connectivity index (χ4n) is 0.299. The van der Waals surface area contributed by atoms with Gasteiger partial charge in [0.05, 0.1) is 9.13 Å². The van der Waals surface area contributed by atoms with Crippen LogP contribution in [0.1, 0.15) is 20.3 Å². The summed E-state index contributed by atoms with van der Waals surface area (Å²) in [6, 6.07) is 1.31. The van der Waals surface area contributed by atoms with Crippen LogP contribution in [-0.4, -0.2) is 14.5 Å². The lowest BCUT2D eigenvalue weighted by atomic mass is 10.6. The summed E-state index contributed by atoms with van der Waals surface area (Å²) in [6.45, 7) is 4.22. The molecule has 0 unspecified atom stereocenters. The Morgan fingerprint density at radius 3 is 2.86 bits per heavy atom. The molecule has 0 amide bonds. The van der Waals surface area contributed by atoms with Crippen LogP contribution in [0.3, 0.4) is 0 Å². The van der Waals surface area contributed by atoms with Crippen LogP contribution in [0.2, 0.25) is 6.04 Å². The van der Waals surface area contributed by atoms with E-state index in [1.165, 1.54) is 12.5 Å². The largest absolute Gasteiger partial charge is 0.160 e. The van der Waals surface area contributed by atoms with Crippen LogP contribution in [0.4, 0.5) is 0 Å². The molecule has 0 saturated heterocycles. The van der Waals surface area contributed by atoms with Crippen LogP contribution in [0.15, 0.2) is 6.08 Å². The molecule has 0 aromatic heterocycles. The van der Waals surface area contributed by atoms with Gasteiger partial charge in [-0.3, -0.25) is 0 Å². The summed E-state index contributed by atoms with van der Waals surface area (Å²) in [5, 5.41) is 3.15. The Morgan fingerprint density at radius 1 is 1.71 bits per heavy atom. The Hall–Kier alpha value is -0.133. The van der Waals surface area contributed by atoms with E-state index in [9.17, 15) is 0 Å². The summed E-state index contributed by atoms with van der Waals surface area (Å²) in [6.07, 6.45) is 3.29. The number of hydrogen-bond acceptors (Lipinski definition) is 0. The van der Waals surface area contributed by atoms with Gasteiger partial charge >= 0.3 is 0 Å². The predicted octanol–water partition coefficient (Wildman–Crippen LogP) is 1.50. The van der Waals surface area contributed by atoms with Crippen LogP contribution in [0.25, 0.3) is 0 Å². The Morgan fingerprint density at radius 2 is 2.43 bits per heavy atom. The molecular formula is C6H11Si. The van der Waals surface area contributed by atoms with Crippen LogP contribution in [-0.2, 0) is 0 Å². The van der Waals surface area contributed by atoms with Gasteiger partial charge in [-0.25, -0.2) is 0 Å². The molecular weight excluding hydrogens is 100 g/mol. The minimum absolute atomic E-state index is 0.927. The maximum absolute atomic E-state index is 3.15. The van der Waals surface area contributed by atoms with Crippen molar-refractivity contribution < 1.29 is 0 Å². The van der Waals surface area contributed by atoms with E-state index < -0.39 is 0 Å². The van der Waals surface area contributed by atoms with Gasteiger partial charge in [-0.1, -0.05) is 19.4 Å². The smallest absolute Gasteiger partial charge is 0.0831 e. The zero-order valence-corrected chi connectivity index (χ0v) is 5.99. The van der Waals surface area contributed by atoms with E-state index in [0.717, 1.165) is 9.13 Å².